The highest BCUT2D eigenvalue weighted by atomic mass is 16.3. The Balaban J connectivity index is 1.61. The fraction of sp³-hybridized carbons (Fsp3) is 0.667. The Morgan fingerprint density at radius 3 is 2.82 bits per heavy atom. The zero-order valence-electron chi connectivity index (χ0n) is 13.7. The Labute approximate surface area is 134 Å². The SMILES string of the molecule is CCN1CCCc2cc(C(O)CCN3CCNCC3)ccc21. The molecule has 0 saturated carbocycles. The van der Waals surface area contributed by atoms with Crippen LogP contribution in [0.4, 0.5) is 5.69 Å². The number of nitrogens with zero attached hydrogens (tertiary/aromatic N) is 2. The number of hydrogen-bond donors (Lipinski definition) is 2. The van der Waals surface area contributed by atoms with E-state index in [1.54, 1.807) is 0 Å². The van der Waals surface area contributed by atoms with Crippen molar-refractivity contribution in [1.82, 2.24) is 10.2 Å². The molecule has 0 amide bonds. The number of nitrogens with one attached hydrogen (secondary N) is 1. The van der Waals surface area contributed by atoms with E-state index in [0.717, 1.165) is 64.2 Å². The van der Waals surface area contributed by atoms with Crippen LogP contribution in [-0.2, 0) is 6.42 Å². The van der Waals surface area contributed by atoms with E-state index in [0.29, 0.717) is 0 Å². The summed E-state index contributed by atoms with van der Waals surface area (Å²) >= 11 is 0. The molecule has 2 aliphatic heterocycles. The van der Waals surface area contributed by atoms with E-state index in [1.807, 2.05) is 0 Å². The number of aliphatic hydroxyl groups excluding tert-OH is 1. The third kappa shape index (κ3) is 3.62. The lowest BCUT2D eigenvalue weighted by molar-refractivity contribution is 0.136. The van der Waals surface area contributed by atoms with Crippen molar-refractivity contribution >= 4 is 5.69 Å². The summed E-state index contributed by atoms with van der Waals surface area (Å²) in [6.45, 7) is 9.77. The molecule has 22 heavy (non-hydrogen) atoms. The molecule has 4 heteroatoms. The second-order valence-corrected chi connectivity index (χ2v) is 6.47. The Morgan fingerprint density at radius 2 is 2.05 bits per heavy atom. The molecule has 0 spiro atoms. The first-order valence-electron chi connectivity index (χ1n) is 8.77. The van der Waals surface area contributed by atoms with E-state index in [4.69, 9.17) is 0 Å². The van der Waals surface area contributed by atoms with Crippen molar-refractivity contribution in [1.29, 1.82) is 0 Å². The second kappa shape index (κ2) is 7.44. The monoisotopic (exact) mass is 303 g/mol. The predicted octanol–water partition coefficient (Wildman–Crippen LogP) is 1.79. The lowest BCUT2D eigenvalue weighted by atomic mass is 9.96. The molecule has 3 rings (SSSR count). The largest absolute Gasteiger partial charge is 0.388 e. The summed E-state index contributed by atoms with van der Waals surface area (Å²) in [4.78, 5) is 4.88. The zero-order valence-corrected chi connectivity index (χ0v) is 13.7. The first-order valence-corrected chi connectivity index (χ1v) is 8.77. The number of fused-ring (bicyclic) bond motifs is 1. The predicted molar refractivity (Wildman–Crippen MR) is 91.5 cm³/mol. The Bertz CT molecular complexity index is 485. The van der Waals surface area contributed by atoms with Crippen LogP contribution in [0.25, 0.3) is 0 Å². The molecule has 1 unspecified atom stereocenters. The van der Waals surface area contributed by atoms with E-state index in [9.17, 15) is 5.11 Å². The lowest BCUT2D eigenvalue weighted by Gasteiger charge is -2.31. The third-order valence-electron chi connectivity index (χ3n) is 5.01. The number of anilines is 1. The minimum Gasteiger partial charge on any atom is -0.388 e. The van der Waals surface area contributed by atoms with Gasteiger partial charge < -0.3 is 20.2 Å². The maximum atomic E-state index is 10.5. The molecule has 1 saturated heterocycles. The van der Waals surface area contributed by atoms with Gasteiger partial charge in [0.25, 0.3) is 0 Å². The fourth-order valence-electron chi connectivity index (χ4n) is 3.64. The summed E-state index contributed by atoms with van der Waals surface area (Å²) in [5.74, 6) is 0. The minimum absolute atomic E-state index is 0.336. The van der Waals surface area contributed by atoms with Crippen LogP contribution >= 0.6 is 0 Å². The van der Waals surface area contributed by atoms with Crippen LogP contribution in [-0.4, -0.2) is 55.8 Å². The molecular formula is C18H29N3O. The lowest BCUT2D eigenvalue weighted by Crippen LogP contribution is -2.44. The molecule has 0 radical (unpaired) electrons. The molecule has 1 atom stereocenters. The third-order valence-corrected chi connectivity index (χ3v) is 5.01. The van der Waals surface area contributed by atoms with Crippen LogP contribution < -0.4 is 10.2 Å². The summed E-state index contributed by atoms with van der Waals surface area (Å²) in [5.41, 5.74) is 3.87. The summed E-state index contributed by atoms with van der Waals surface area (Å²) in [5, 5.41) is 13.9. The minimum atomic E-state index is -0.336. The van der Waals surface area contributed by atoms with Gasteiger partial charge in [0.2, 0.25) is 0 Å². The van der Waals surface area contributed by atoms with Gasteiger partial charge in [0.1, 0.15) is 0 Å². The van der Waals surface area contributed by atoms with Crippen LogP contribution in [0.15, 0.2) is 18.2 Å². The van der Waals surface area contributed by atoms with Gasteiger partial charge in [-0.05, 0) is 43.4 Å². The van der Waals surface area contributed by atoms with Gasteiger partial charge in [-0.2, -0.15) is 0 Å². The van der Waals surface area contributed by atoms with E-state index in [-0.39, 0.29) is 6.10 Å². The van der Waals surface area contributed by atoms with E-state index in [2.05, 4.69) is 40.2 Å². The van der Waals surface area contributed by atoms with Crippen LogP contribution in [0.5, 0.6) is 0 Å². The standard InChI is InChI=1S/C18H29N3O/c1-2-21-10-3-4-15-14-16(5-6-17(15)21)18(22)7-11-20-12-8-19-9-13-20/h5-6,14,18-19,22H,2-4,7-13H2,1H3. The number of aliphatic hydroxyl groups is 1. The first-order chi connectivity index (χ1) is 10.8. The van der Waals surface area contributed by atoms with Gasteiger partial charge in [0, 0.05) is 51.5 Å². The smallest absolute Gasteiger partial charge is 0.0802 e. The highest BCUT2D eigenvalue weighted by Gasteiger charge is 2.18. The fourth-order valence-corrected chi connectivity index (χ4v) is 3.64. The maximum absolute atomic E-state index is 10.5. The van der Waals surface area contributed by atoms with Crippen molar-refractivity contribution < 1.29 is 5.11 Å². The number of hydrogen-bond acceptors (Lipinski definition) is 4. The number of aryl methyl sites for hydroxylation is 1. The molecule has 1 fully saturated rings. The topological polar surface area (TPSA) is 38.7 Å². The molecule has 0 bridgehead atoms. The zero-order chi connectivity index (χ0) is 15.4. The Kier molecular flexibility index (Phi) is 5.34. The van der Waals surface area contributed by atoms with Gasteiger partial charge >= 0.3 is 0 Å². The molecule has 2 heterocycles. The summed E-state index contributed by atoms with van der Waals surface area (Å²) in [7, 11) is 0. The van der Waals surface area contributed by atoms with Crippen molar-refractivity contribution in [2.75, 3.05) is 50.7 Å². The molecule has 0 aliphatic carbocycles. The van der Waals surface area contributed by atoms with Gasteiger partial charge in [-0.25, -0.2) is 0 Å². The summed E-state index contributed by atoms with van der Waals surface area (Å²) in [6, 6.07) is 6.57. The van der Waals surface area contributed by atoms with Crippen molar-refractivity contribution in [3.8, 4) is 0 Å². The Hall–Kier alpha value is -1.10. The van der Waals surface area contributed by atoms with Gasteiger partial charge in [-0.1, -0.05) is 12.1 Å². The first kappa shape index (κ1) is 15.8. The second-order valence-electron chi connectivity index (χ2n) is 6.47. The molecular weight excluding hydrogens is 274 g/mol. The molecule has 1 aromatic rings. The average Bonchev–Trinajstić information content (AvgIpc) is 2.59. The summed E-state index contributed by atoms with van der Waals surface area (Å²) < 4.78 is 0. The van der Waals surface area contributed by atoms with Gasteiger partial charge in [0.05, 0.1) is 6.10 Å². The maximum Gasteiger partial charge on any atom is 0.0802 e. The van der Waals surface area contributed by atoms with Crippen LogP contribution in [0.3, 0.4) is 0 Å². The normalized spacial score (nSPS) is 20.7. The molecule has 1 aromatic carbocycles. The van der Waals surface area contributed by atoms with Crippen LogP contribution in [0, 0.1) is 0 Å². The van der Waals surface area contributed by atoms with Gasteiger partial charge in [0.15, 0.2) is 0 Å². The quantitative estimate of drug-likeness (QED) is 0.870. The molecule has 2 aliphatic rings. The molecule has 0 aromatic heterocycles. The highest BCUT2D eigenvalue weighted by Crippen LogP contribution is 2.30. The Morgan fingerprint density at radius 1 is 1.23 bits per heavy atom. The highest BCUT2D eigenvalue weighted by molar-refractivity contribution is 5.57. The van der Waals surface area contributed by atoms with Crippen molar-refractivity contribution in [2.24, 2.45) is 0 Å². The van der Waals surface area contributed by atoms with E-state index in [1.165, 1.54) is 17.7 Å². The average molecular weight is 303 g/mol. The van der Waals surface area contributed by atoms with Crippen LogP contribution in [0.1, 0.15) is 37.0 Å². The number of benzene rings is 1. The van der Waals surface area contributed by atoms with E-state index < -0.39 is 0 Å². The number of piperazine rings is 1. The van der Waals surface area contributed by atoms with Gasteiger partial charge in [-0.15, -0.1) is 0 Å². The van der Waals surface area contributed by atoms with E-state index >= 15 is 0 Å². The van der Waals surface area contributed by atoms with Crippen LogP contribution in [0.2, 0.25) is 0 Å². The van der Waals surface area contributed by atoms with Crippen molar-refractivity contribution in [2.45, 2.75) is 32.3 Å². The van der Waals surface area contributed by atoms with Gasteiger partial charge in [-0.3, -0.25) is 0 Å². The molecule has 2 N–H and O–H groups in total. The van der Waals surface area contributed by atoms with Crippen molar-refractivity contribution in [3.63, 3.8) is 0 Å². The molecule has 4 nitrogen and oxygen atoms in total. The number of rotatable bonds is 5. The molecule has 122 valence electrons. The summed E-state index contributed by atoms with van der Waals surface area (Å²) in [6.07, 6.45) is 2.86. The van der Waals surface area contributed by atoms with Crippen molar-refractivity contribution in [3.05, 3.63) is 29.3 Å².